The average molecular weight is 244 g/mol. The Balaban J connectivity index is 3.20. The van der Waals surface area contributed by atoms with Gasteiger partial charge in [0.25, 0.3) is 0 Å². The second-order valence-corrected chi connectivity index (χ2v) is 4.90. The molecule has 0 radical (unpaired) electrons. The number of rotatable bonds is 4. The van der Waals surface area contributed by atoms with Gasteiger partial charge < -0.3 is 15.2 Å². The molecule has 0 bridgehead atoms. The molecule has 0 aliphatic carbocycles. The van der Waals surface area contributed by atoms with Gasteiger partial charge in [0.1, 0.15) is 0 Å². The minimum atomic E-state index is -0.316. The van der Waals surface area contributed by atoms with Crippen LogP contribution in [0, 0.1) is 0 Å². The van der Waals surface area contributed by atoms with Gasteiger partial charge in [0.05, 0.1) is 14.2 Å². The maximum Gasteiger partial charge on any atom is 0.164 e. The SMILES string of the molecule is COc1cc(Cl)cc(CC(C)(C)N)c1OC. The molecular formula is C12H18ClNO2. The van der Waals surface area contributed by atoms with Crippen molar-refractivity contribution in [1.82, 2.24) is 0 Å². The van der Waals surface area contributed by atoms with E-state index in [0.29, 0.717) is 22.9 Å². The molecule has 0 aliphatic heterocycles. The van der Waals surface area contributed by atoms with Crippen molar-refractivity contribution in [2.45, 2.75) is 25.8 Å². The third-order valence-corrected chi connectivity index (χ3v) is 2.38. The van der Waals surface area contributed by atoms with Crippen LogP contribution in [0.4, 0.5) is 0 Å². The van der Waals surface area contributed by atoms with E-state index in [-0.39, 0.29) is 5.54 Å². The number of ether oxygens (including phenoxy) is 2. The molecule has 16 heavy (non-hydrogen) atoms. The molecule has 2 N–H and O–H groups in total. The molecule has 1 aromatic carbocycles. The van der Waals surface area contributed by atoms with Crippen molar-refractivity contribution < 1.29 is 9.47 Å². The molecule has 0 aromatic heterocycles. The molecular weight excluding hydrogens is 226 g/mol. The summed E-state index contributed by atoms with van der Waals surface area (Å²) in [5.74, 6) is 1.33. The molecule has 0 saturated heterocycles. The van der Waals surface area contributed by atoms with Gasteiger partial charge in [-0.3, -0.25) is 0 Å². The number of nitrogens with two attached hydrogens (primary N) is 1. The van der Waals surface area contributed by atoms with Crippen LogP contribution in [0.5, 0.6) is 11.5 Å². The predicted molar refractivity (Wildman–Crippen MR) is 66.5 cm³/mol. The van der Waals surface area contributed by atoms with Gasteiger partial charge in [-0.05, 0) is 26.3 Å². The van der Waals surface area contributed by atoms with E-state index in [2.05, 4.69) is 0 Å². The van der Waals surface area contributed by atoms with Gasteiger partial charge in [-0.1, -0.05) is 11.6 Å². The van der Waals surface area contributed by atoms with Crippen molar-refractivity contribution in [3.63, 3.8) is 0 Å². The summed E-state index contributed by atoms with van der Waals surface area (Å²) in [6, 6.07) is 3.59. The van der Waals surface area contributed by atoms with Gasteiger partial charge >= 0.3 is 0 Å². The topological polar surface area (TPSA) is 44.5 Å². The minimum absolute atomic E-state index is 0.316. The van der Waals surface area contributed by atoms with E-state index in [4.69, 9.17) is 26.8 Å². The van der Waals surface area contributed by atoms with Crippen LogP contribution in [0.1, 0.15) is 19.4 Å². The monoisotopic (exact) mass is 243 g/mol. The molecule has 3 nitrogen and oxygen atoms in total. The first-order chi connectivity index (χ1) is 7.37. The van der Waals surface area contributed by atoms with E-state index in [1.807, 2.05) is 19.9 Å². The largest absolute Gasteiger partial charge is 0.493 e. The molecule has 0 atom stereocenters. The molecule has 0 amide bonds. The van der Waals surface area contributed by atoms with E-state index < -0.39 is 0 Å². The molecule has 0 saturated carbocycles. The molecule has 0 aliphatic rings. The van der Waals surface area contributed by atoms with Gasteiger partial charge in [0.15, 0.2) is 11.5 Å². The van der Waals surface area contributed by atoms with Gasteiger partial charge in [-0.25, -0.2) is 0 Å². The van der Waals surface area contributed by atoms with Gasteiger partial charge in [0, 0.05) is 22.2 Å². The highest BCUT2D eigenvalue weighted by atomic mass is 35.5. The van der Waals surface area contributed by atoms with Gasteiger partial charge in [0.2, 0.25) is 0 Å². The van der Waals surface area contributed by atoms with E-state index in [1.165, 1.54) is 0 Å². The van der Waals surface area contributed by atoms with E-state index in [1.54, 1.807) is 20.3 Å². The maximum atomic E-state index is 6.01. The Morgan fingerprint density at radius 3 is 2.31 bits per heavy atom. The number of methoxy groups -OCH3 is 2. The van der Waals surface area contributed by atoms with Crippen LogP contribution in [0.3, 0.4) is 0 Å². The van der Waals surface area contributed by atoms with Crippen molar-refractivity contribution in [3.05, 3.63) is 22.7 Å². The third kappa shape index (κ3) is 3.29. The normalized spacial score (nSPS) is 11.4. The fourth-order valence-electron chi connectivity index (χ4n) is 1.63. The highest BCUT2D eigenvalue weighted by Gasteiger charge is 2.18. The van der Waals surface area contributed by atoms with Crippen molar-refractivity contribution in [2.24, 2.45) is 5.73 Å². The number of hydrogen-bond acceptors (Lipinski definition) is 3. The summed E-state index contributed by atoms with van der Waals surface area (Å²) in [6.45, 7) is 3.92. The van der Waals surface area contributed by atoms with Gasteiger partial charge in [-0.2, -0.15) is 0 Å². The summed E-state index contributed by atoms with van der Waals surface area (Å²) in [5, 5.41) is 0.622. The first kappa shape index (κ1) is 13.1. The zero-order valence-electron chi connectivity index (χ0n) is 10.1. The maximum absolute atomic E-state index is 6.01. The lowest BCUT2D eigenvalue weighted by molar-refractivity contribution is 0.348. The fourth-order valence-corrected chi connectivity index (χ4v) is 1.86. The first-order valence-corrected chi connectivity index (χ1v) is 5.44. The van der Waals surface area contributed by atoms with Crippen molar-refractivity contribution in [3.8, 4) is 11.5 Å². The smallest absolute Gasteiger partial charge is 0.164 e. The number of hydrogen-bond donors (Lipinski definition) is 1. The van der Waals surface area contributed by atoms with Crippen LogP contribution in [0.15, 0.2) is 12.1 Å². The minimum Gasteiger partial charge on any atom is -0.493 e. The first-order valence-electron chi connectivity index (χ1n) is 5.06. The Labute approximate surface area is 101 Å². The van der Waals surface area contributed by atoms with E-state index in [0.717, 1.165) is 5.56 Å². The molecule has 0 spiro atoms. The van der Waals surface area contributed by atoms with Crippen LogP contribution in [-0.2, 0) is 6.42 Å². The predicted octanol–water partition coefficient (Wildman–Crippen LogP) is 2.64. The number of benzene rings is 1. The second-order valence-electron chi connectivity index (χ2n) is 4.47. The van der Waals surface area contributed by atoms with E-state index >= 15 is 0 Å². The second kappa shape index (κ2) is 4.93. The van der Waals surface area contributed by atoms with Crippen LogP contribution < -0.4 is 15.2 Å². The average Bonchev–Trinajstić information content (AvgIpc) is 2.14. The Bertz CT molecular complexity index is 372. The Hall–Kier alpha value is -0.930. The molecule has 0 fully saturated rings. The lowest BCUT2D eigenvalue weighted by atomic mass is 9.95. The van der Waals surface area contributed by atoms with Crippen LogP contribution in [-0.4, -0.2) is 19.8 Å². The van der Waals surface area contributed by atoms with Crippen LogP contribution >= 0.6 is 11.6 Å². The standard InChI is InChI=1S/C12H18ClNO2/c1-12(2,14)7-8-5-9(13)6-10(15-3)11(8)16-4/h5-6H,7,14H2,1-4H3. The van der Waals surface area contributed by atoms with Gasteiger partial charge in [-0.15, -0.1) is 0 Å². The summed E-state index contributed by atoms with van der Waals surface area (Å²) in [6.07, 6.45) is 0.674. The summed E-state index contributed by atoms with van der Waals surface area (Å²) in [4.78, 5) is 0. The Kier molecular flexibility index (Phi) is 4.05. The van der Waals surface area contributed by atoms with Crippen molar-refractivity contribution >= 4 is 11.6 Å². The van der Waals surface area contributed by atoms with Crippen LogP contribution in [0.2, 0.25) is 5.02 Å². The fraction of sp³-hybridized carbons (Fsp3) is 0.500. The number of halogens is 1. The molecule has 90 valence electrons. The molecule has 1 rings (SSSR count). The highest BCUT2D eigenvalue weighted by Crippen LogP contribution is 2.35. The lowest BCUT2D eigenvalue weighted by Gasteiger charge is -2.21. The van der Waals surface area contributed by atoms with E-state index in [9.17, 15) is 0 Å². The highest BCUT2D eigenvalue weighted by molar-refractivity contribution is 6.30. The van der Waals surface area contributed by atoms with Crippen molar-refractivity contribution in [2.75, 3.05) is 14.2 Å². The summed E-state index contributed by atoms with van der Waals surface area (Å²) >= 11 is 6.01. The summed E-state index contributed by atoms with van der Waals surface area (Å²) in [5.41, 5.74) is 6.63. The Morgan fingerprint density at radius 1 is 1.25 bits per heavy atom. The summed E-state index contributed by atoms with van der Waals surface area (Å²) in [7, 11) is 3.20. The molecule has 4 heteroatoms. The summed E-state index contributed by atoms with van der Waals surface area (Å²) < 4.78 is 10.6. The van der Waals surface area contributed by atoms with Crippen molar-refractivity contribution in [1.29, 1.82) is 0 Å². The van der Waals surface area contributed by atoms with Crippen LogP contribution in [0.25, 0.3) is 0 Å². The lowest BCUT2D eigenvalue weighted by Crippen LogP contribution is -2.34. The zero-order valence-corrected chi connectivity index (χ0v) is 10.9. The molecule has 0 unspecified atom stereocenters. The Morgan fingerprint density at radius 2 is 1.88 bits per heavy atom. The third-order valence-electron chi connectivity index (χ3n) is 2.17. The quantitative estimate of drug-likeness (QED) is 0.884. The zero-order chi connectivity index (χ0) is 12.3. The molecule has 1 aromatic rings. The molecule has 0 heterocycles.